The predicted molar refractivity (Wildman–Crippen MR) is 48.6 cm³/mol. The number of benzene rings is 1. The Morgan fingerprint density at radius 3 is 2.21 bits per heavy atom. The Bertz CT molecular complexity index is 361. The van der Waals surface area contributed by atoms with E-state index in [1.165, 1.54) is 0 Å². The second kappa shape index (κ2) is 3.85. The fourth-order valence-corrected chi connectivity index (χ4v) is 1.19. The van der Waals surface area contributed by atoms with Gasteiger partial charge in [0.05, 0.1) is 24.1 Å². The van der Waals surface area contributed by atoms with Crippen LogP contribution in [-0.4, -0.2) is 15.3 Å². The molecule has 74 valence electrons. The van der Waals surface area contributed by atoms with Gasteiger partial charge < -0.3 is 21.1 Å². The zero-order valence-electron chi connectivity index (χ0n) is 7.31. The van der Waals surface area contributed by atoms with Crippen LogP contribution >= 0.6 is 0 Å². The van der Waals surface area contributed by atoms with Gasteiger partial charge in [0.2, 0.25) is 0 Å². The molecule has 0 aliphatic rings. The van der Waals surface area contributed by atoms with Gasteiger partial charge in [0, 0.05) is 12.1 Å². The van der Waals surface area contributed by atoms with Crippen molar-refractivity contribution < 1.29 is 15.3 Å². The molecular formula is C9H10N2O3. The van der Waals surface area contributed by atoms with Gasteiger partial charge in [-0.15, -0.1) is 0 Å². The average Bonchev–Trinajstić information content (AvgIpc) is 2.01. The first-order valence-electron chi connectivity index (χ1n) is 3.93. The highest BCUT2D eigenvalue weighted by atomic mass is 16.3. The summed E-state index contributed by atoms with van der Waals surface area (Å²) in [6.45, 7) is 0. The van der Waals surface area contributed by atoms with Crippen LogP contribution in [0.5, 0.6) is 17.2 Å². The van der Waals surface area contributed by atoms with Gasteiger partial charge in [0.15, 0.2) is 0 Å². The third-order valence-corrected chi connectivity index (χ3v) is 1.80. The number of rotatable bonds is 2. The number of phenolic OH excluding ortho intramolecular Hbond substituents is 3. The smallest absolute Gasteiger partial charge is 0.127 e. The van der Waals surface area contributed by atoms with Gasteiger partial charge in [-0.05, 0) is 0 Å². The van der Waals surface area contributed by atoms with Crippen LogP contribution in [0.1, 0.15) is 18.0 Å². The van der Waals surface area contributed by atoms with E-state index >= 15 is 0 Å². The van der Waals surface area contributed by atoms with E-state index in [1.54, 1.807) is 0 Å². The highest BCUT2D eigenvalue weighted by molar-refractivity contribution is 5.50. The maximum atomic E-state index is 9.36. The SMILES string of the molecule is N#CC[C@@H](N)c1c(O)cc(O)cc1O. The first kappa shape index (κ1) is 10.2. The first-order valence-corrected chi connectivity index (χ1v) is 3.93. The summed E-state index contributed by atoms with van der Waals surface area (Å²) in [5, 5.41) is 36.1. The maximum Gasteiger partial charge on any atom is 0.127 e. The zero-order chi connectivity index (χ0) is 10.7. The summed E-state index contributed by atoms with van der Waals surface area (Å²) in [4.78, 5) is 0. The third kappa shape index (κ3) is 1.87. The van der Waals surface area contributed by atoms with Gasteiger partial charge in [-0.3, -0.25) is 0 Å². The normalized spacial score (nSPS) is 12.0. The Labute approximate surface area is 80.6 Å². The van der Waals surface area contributed by atoms with E-state index in [1.807, 2.05) is 6.07 Å². The minimum atomic E-state index is -0.763. The second-order valence-electron chi connectivity index (χ2n) is 2.87. The van der Waals surface area contributed by atoms with Crippen LogP contribution in [0.3, 0.4) is 0 Å². The lowest BCUT2D eigenvalue weighted by atomic mass is 10.0. The van der Waals surface area contributed by atoms with E-state index in [0.717, 1.165) is 12.1 Å². The first-order chi connectivity index (χ1) is 6.56. The Morgan fingerprint density at radius 1 is 1.29 bits per heavy atom. The van der Waals surface area contributed by atoms with E-state index < -0.39 is 6.04 Å². The van der Waals surface area contributed by atoms with Crippen molar-refractivity contribution >= 4 is 0 Å². The van der Waals surface area contributed by atoms with Crippen molar-refractivity contribution in [3.8, 4) is 23.3 Å². The van der Waals surface area contributed by atoms with Crippen LogP contribution < -0.4 is 5.73 Å². The van der Waals surface area contributed by atoms with Gasteiger partial charge in [-0.2, -0.15) is 5.26 Å². The van der Waals surface area contributed by atoms with Crippen LogP contribution in [0.15, 0.2) is 12.1 Å². The van der Waals surface area contributed by atoms with Gasteiger partial charge in [-0.25, -0.2) is 0 Å². The lowest BCUT2D eigenvalue weighted by Gasteiger charge is -2.12. The topological polar surface area (TPSA) is 111 Å². The number of nitriles is 1. The van der Waals surface area contributed by atoms with E-state index in [2.05, 4.69) is 0 Å². The Kier molecular flexibility index (Phi) is 2.79. The quantitative estimate of drug-likeness (QED) is 0.554. The van der Waals surface area contributed by atoms with Crippen molar-refractivity contribution in [2.45, 2.75) is 12.5 Å². The summed E-state index contributed by atoms with van der Waals surface area (Å²) < 4.78 is 0. The molecule has 0 spiro atoms. The molecule has 0 aromatic heterocycles. The van der Waals surface area contributed by atoms with E-state index in [0.29, 0.717) is 0 Å². The van der Waals surface area contributed by atoms with Gasteiger partial charge in [-0.1, -0.05) is 0 Å². The fraction of sp³-hybridized carbons (Fsp3) is 0.222. The van der Waals surface area contributed by atoms with Crippen molar-refractivity contribution in [2.75, 3.05) is 0 Å². The molecule has 0 saturated heterocycles. The number of aromatic hydroxyl groups is 3. The molecule has 0 aliphatic carbocycles. The molecule has 1 rings (SSSR count). The van der Waals surface area contributed by atoms with Crippen molar-refractivity contribution in [3.63, 3.8) is 0 Å². The fourth-order valence-electron chi connectivity index (χ4n) is 1.19. The Hall–Kier alpha value is -1.93. The molecular weight excluding hydrogens is 184 g/mol. The summed E-state index contributed by atoms with van der Waals surface area (Å²) >= 11 is 0. The molecule has 0 radical (unpaired) electrons. The molecule has 0 bridgehead atoms. The summed E-state index contributed by atoms with van der Waals surface area (Å²) in [5.74, 6) is -0.886. The summed E-state index contributed by atoms with van der Waals surface area (Å²) in [5.41, 5.74) is 5.61. The lowest BCUT2D eigenvalue weighted by molar-refractivity contribution is 0.412. The highest BCUT2D eigenvalue weighted by Gasteiger charge is 2.16. The number of nitrogens with two attached hydrogens (primary N) is 1. The van der Waals surface area contributed by atoms with Crippen LogP contribution in [0, 0.1) is 11.3 Å². The molecule has 1 aromatic carbocycles. The van der Waals surface area contributed by atoms with Crippen LogP contribution in [0.4, 0.5) is 0 Å². The number of hydrogen-bond acceptors (Lipinski definition) is 5. The molecule has 1 atom stereocenters. The maximum absolute atomic E-state index is 9.36. The predicted octanol–water partition coefficient (Wildman–Crippen LogP) is 0.717. The zero-order valence-corrected chi connectivity index (χ0v) is 7.31. The summed E-state index contributed by atoms with van der Waals surface area (Å²) in [7, 11) is 0. The van der Waals surface area contributed by atoms with Crippen LogP contribution in [0.25, 0.3) is 0 Å². The standard InChI is InChI=1S/C9H10N2O3/c10-2-1-6(11)9-7(13)3-5(12)4-8(9)14/h3-4,6,12-14H,1,11H2/t6-/m1/s1. The van der Waals surface area contributed by atoms with Gasteiger partial charge in [0.25, 0.3) is 0 Å². The molecule has 5 nitrogen and oxygen atoms in total. The molecule has 0 aliphatic heterocycles. The summed E-state index contributed by atoms with van der Waals surface area (Å²) in [6.07, 6.45) is -0.0219. The van der Waals surface area contributed by atoms with Crippen LogP contribution in [0.2, 0.25) is 0 Å². The van der Waals surface area contributed by atoms with E-state index in [-0.39, 0.29) is 29.2 Å². The Balaban J connectivity index is 3.15. The van der Waals surface area contributed by atoms with Crippen molar-refractivity contribution in [3.05, 3.63) is 17.7 Å². The van der Waals surface area contributed by atoms with Gasteiger partial charge in [0.1, 0.15) is 17.2 Å². The van der Waals surface area contributed by atoms with Crippen molar-refractivity contribution in [1.29, 1.82) is 5.26 Å². The van der Waals surface area contributed by atoms with Crippen molar-refractivity contribution in [2.24, 2.45) is 5.73 Å². The molecule has 0 fully saturated rings. The minimum absolute atomic E-state index is 0.0219. The Morgan fingerprint density at radius 2 is 1.79 bits per heavy atom. The highest BCUT2D eigenvalue weighted by Crippen LogP contribution is 2.36. The number of hydrogen-bond donors (Lipinski definition) is 4. The number of phenols is 3. The molecule has 14 heavy (non-hydrogen) atoms. The molecule has 5 heteroatoms. The molecule has 0 saturated carbocycles. The molecule has 0 unspecified atom stereocenters. The third-order valence-electron chi connectivity index (χ3n) is 1.80. The summed E-state index contributed by atoms with van der Waals surface area (Å²) in [6, 6.07) is 3.19. The molecule has 0 amide bonds. The molecule has 5 N–H and O–H groups in total. The van der Waals surface area contributed by atoms with Crippen LogP contribution in [-0.2, 0) is 0 Å². The lowest BCUT2D eigenvalue weighted by Crippen LogP contribution is -2.09. The molecule has 1 aromatic rings. The second-order valence-corrected chi connectivity index (χ2v) is 2.87. The average molecular weight is 194 g/mol. The van der Waals surface area contributed by atoms with Gasteiger partial charge >= 0.3 is 0 Å². The van der Waals surface area contributed by atoms with Crippen molar-refractivity contribution in [1.82, 2.24) is 0 Å². The largest absolute Gasteiger partial charge is 0.508 e. The van der Waals surface area contributed by atoms with E-state index in [4.69, 9.17) is 16.1 Å². The minimum Gasteiger partial charge on any atom is -0.508 e. The molecule has 0 heterocycles. The monoisotopic (exact) mass is 194 g/mol. The number of nitrogens with zero attached hydrogens (tertiary/aromatic N) is 1. The van der Waals surface area contributed by atoms with E-state index in [9.17, 15) is 10.2 Å².